The molecule has 3 aromatic heterocycles. The molecule has 0 unspecified atom stereocenters. The van der Waals surface area contributed by atoms with Crippen molar-refractivity contribution in [1.29, 1.82) is 0 Å². The van der Waals surface area contributed by atoms with Crippen LogP contribution >= 0.6 is 0 Å². The van der Waals surface area contributed by atoms with E-state index >= 15 is 0 Å². The molecule has 0 saturated carbocycles. The number of nitrogen functional groups attached to an aromatic ring is 2. The third-order valence-electron chi connectivity index (χ3n) is 5.40. The highest BCUT2D eigenvalue weighted by Gasteiger charge is 2.21. The number of carbonyl (C=O) groups is 2. The summed E-state index contributed by atoms with van der Waals surface area (Å²) in [5.41, 5.74) is 16.1. The Kier molecular flexibility index (Phi) is 7.23. The summed E-state index contributed by atoms with van der Waals surface area (Å²) in [6.07, 6.45) is 6.54. The molecule has 3 heterocycles. The number of aromatic nitrogens is 6. The lowest BCUT2D eigenvalue weighted by Crippen LogP contribution is -2.10. The summed E-state index contributed by atoms with van der Waals surface area (Å²) in [5.74, 6) is -0.241. The number of H-pyrrole nitrogens is 1. The van der Waals surface area contributed by atoms with E-state index in [9.17, 15) is 9.59 Å². The molecule has 0 atom stereocenters. The first-order chi connectivity index (χ1) is 17.4. The number of esters is 2. The second-order valence-electron chi connectivity index (χ2n) is 7.71. The fourth-order valence-corrected chi connectivity index (χ4v) is 3.69. The molecule has 4 aromatic rings. The first-order valence-corrected chi connectivity index (χ1v) is 11.4. The number of nitrogens with zero attached hydrogens (tertiary/aromatic N) is 5. The number of hydrogen-bond acceptors (Lipinski definition) is 10. The maximum atomic E-state index is 11.9. The molecule has 36 heavy (non-hydrogen) atoms. The third kappa shape index (κ3) is 5.02. The van der Waals surface area contributed by atoms with E-state index in [2.05, 4.69) is 42.1 Å². The van der Waals surface area contributed by atoms with Crippen molar-refractivity contribution in [1.82, 2.24) is 29.9 Å². The van der Waals surface area contributed by atoms with Crippen LogP contribution in [0.3, 0.4) is 0 Å². The minimum Gasteiger partial charge on any atom is -0.462 e. The zero-order valence-electron chi connectivity index (χ0n) is 19.9. The van der Waals surface area contributed by atoms with Crippen LogP contribution in [0.15, 0.2) is 42.9 Å². The van der Waals surface area contributed by atoms with Gasteiger partial charge in [0.15, 0.2) is 5.82 Å². The standard InChI is InChI=1S/C18H17N5O2.C6H9N3O2/c1-2-25-17(24)14-10-23(22-16(14)19)18-20-9-12-8-7-11-5-3-4-6-13(11)15(12)21-18;1-2-11-6(10)4-3-8-9-5(4)7/h3-6,9-10H,2,7-8H2,1H3,(H2,19,22);3H,2H2,1H3,(H3,7,8,9). The molecule has 1 aliphatic carbocycles. The average Bonchev–Trinajstić information content (AvgIpc) is 3.50. The molecule has 5 rings (SSSR count). The molecule has 186 valence electrons. The maximum absolute atomic E-state index is 11.9. The molecule has 0 fully saturated rings. The lowest BCUT2D eigenvalue weighted by molar-refractivity contribution is 0.0518. The predicted molar refractivity (Wildman–Crippen MR) is 131 cm³/mol. The number of rotatable bonds is 5. The fraction of sp³-hybridized carbons (Fsp3) is 0.250. The smallest absolute Gasteiger partial charge is 0.343 e. The monoisotopic (exact) mass is 490 g/mol. The van der Waals surface area contributed by atoms with Gasteiger partial charge in [-0.3, -0.25) is 5.10 Å². The highest BCUT2D eigenvalue weighted by atomic mass is 16.5. The normalized spacial score (nSPS) is 11.5. The number of aryl methyl sites for hydroxylation is 2. The van der Waals surface area contributed by atoms with Crippen molar-refractivity contribution < 1.29 is 19.1 Å². The fourth-order valence-electron chi connectivity index (χ4n) is 3.69. The number of nitrogens with two attached hydrogens (primary N) is 2. The number of nitrogens with one attached hydrogen (secondary N) is 1. The lowest BCUT2D eigenvalue weighted by atomic mass is 9.90. The SMILES string of the molecule is CCOC(=O)c1cn(-c2ncc3c(n2)-c2ccccc2CC3)nc1N.CCOC(=O)c1cn[nH]c1N. The molecule has 12 heteroatoms. The number of fused-ring (bicyclic) bond motifs is 3. The van der Waals surface area contributed by atoms with Crippen molar-refractivity contribution in [2.45, 2.75) is 26.7 Å². The Hall–Kier alpha value is -4.74. The Morgan fingerprint density at radius 2 is 1.69 bits per heavy atom. The summed E-state index contributed by atoms with van der Waals surface area (Å²) in [4.78, 5) is 31.9. The number of anilines is 2. The van der Waals surface area contributed by atoms with Crippen LogP contribution in [0.25, 0.3) is 17.2 Å². The minimum atomic E-state index is -0.505. The van der Waals surface area contributed by atoms with E-state index in [4.69, 9.17) is 16.2 Å². The van der Waals surface area contributed by atoms with E-state index in [1.54, 1.807) is 13.8 Å². The van der Waals surface area contributed by atoms with E-state index in [0.717, 1.165) is 29.7 Å². The molecule has 5 N–H and O–H groups in total. The largest absolute Gasteiger partial charge is 0.462 e. The number of hydrogen-bond donors (Lipinski definition) is 3. The summed E-state index contributed by atoms with van der Waals surface area (Å²) < 4.78 is 11.1. The van der Waals surface area contributed by atoms with Crippen LogP contribution in [-0.2, 0) is 22.3 Å². The molecular formula is C24H26N8O4. The highest BCUT2D eigenvalue weighted by molar-refractivity contribution is 5.94. The Morgan fingerprint density at radius 3 is 2.39 bits per heavy atom. The van der Waals surface area contributed by atoms with E-state index in [1.807, 2.05) is 18.3 Å². The number of aromatic amines is 1. The Morgan fingerprint density at radius 1 is 1.00 bits per heavy atom. The van der Waals surface area contributed by atoms with Crippen molar-refractivity contribution in [2.24, 2.45) is 0 Å². The van der Waals surface area contributed by atoms with Gasteiger partial charge in [-0.1, -0.05) is 24.3 Å². The van der Waals surface area contributed by atoms with Gasteiger partial charge in [-0.05, 0) is 37.8 Å². The summed E-state index contributed by atoms with van der Waals surface area (Å²) in [6.45, 7) is 4.08. The van der Waals surface area contributed by atoms with Crippen LogP contribution in [0.1, 0.15) is 45.7 Å². The van der Waals surface area contributed by atoms with E-state index < -0.39 is 11.9 Å². The molecule has 0 aliphatic heterocycles. The van der Waals surface area contributed by atoms with Crippen molar-refractivity contribution in [3.63, 3.8) is 0 Å². The topological polar surface area (TPSA) is 177 Å². The van der Waals surface area contributed by atoms with Gasteiger partial charge in [0.05, 0.1) is 31.3 Å². The van der Waals surface area contributed by atoms with Crippen LogP contribution in [-0.4, -0.2) is 55.1 Å². The van der Waals surface area contributed by atoms with Crippen molar-refractivity contribution in [3.8, 4) is 17.2 Å². The molecular weight excluding hydrogens is 464 g/mol. The molecule has 0 saturated heterocycles. The van der Waals surface area contributed by atoms with Gasteiger partial charge in [0, 0.05) is 11.8 Å². The van der Waals surface area contributed by atoms with E-state index in [1.165, 1.54) is 22.6 Å². The molecule has 0 bridgehead atoms. The van der Waals surface area contributed by atoms with Crippen LogP contribution in [0, 0.1) is 0 Å². The first-order valence-electron chi connectivity index (χ1n) is 11.4. The van der Waals surface area contributed by atoms with E-state index in [0.29, 0.717) is 12.6 Å². The van der Waals surface area contributed by atoms with Gasteiger partial charge in [-0.15, -0.1) is 5.10 Å². The van der Waals surface area contributed by atoms with Crippen molar-refractivity contribution >= 4 is 23.6 Å². The predicted octanol–water partition coefficient (Wildman–Crippen LogP) is 2.36. The van der Waals surface area contributed by atoms with Gasteiger partial charge >= 0.3 is 11.9 Å². The number of ether oxygens (including phenoxy) is 2. The summed E-state index contributed by atoms with van der Waals surface area (Å²) in [5, 5.41) is 10.2. The van der Waals surface area contributed by atoms with Gasteiger partial charge < -0.3 is 20.9 Å². The quantitative estimate of drug-likeness (QED) is 0.352. The van der Waals surface area contributed by atoms with Crippen LogP contribution in [0.5, 0.6) is 0 Å². The van der Waals surface area contributed by atoms with E-state index in [-0.39, 0.29) is 29.4 Å². The summed E-state index contributed by atoms with van der Waals surface area (Å²) in [7, 11) is 0. The first kappa shape index (κ1) is 24.4. The summed E-state index contributed by atoms with van der Waals surface area (Å²) >= 11 is 0. The van der Waals surface area contributed by atoms with Gasteiger partial charge in [0.2, 0.25) is 0 Å². The van der Waals surface area contributed by atoms with Crippen LogP contribution in [0.2, 0.25) is 0 Å². The highest BCUT2D eigenvalue weighted by Crippen LogP contribution is 2.31. The second kappa shape index (κ2) is 10.7. The lowest BCUT2D eigenvalue weighted by Gasteiger charge is -2.18. The Labute approximate surface area is 206 Å². The van der Waals surface area contributed by atoms with Gasteiger partial charge in [0.25, 0.3) is 5.95 Å². The minimum absolute atomic E-state index is 0.0974. The molecule has 1 aromatic carbocycles. The Bertz CT molecular complexity index is 1390. The van der Waals surface area contributed by atoms with Gasteiger partial charge in [0.1, 0.15) is 16.9 Å². The Balaban J connectivity index is 0.000000233. The molecule has 0 spiro atoms. The maximum Gasteiger partial charge on any atom is 0.343 e. The molecule has 12 nitrogen and oxygen atoms in total. The van der Waals surface area contributed by atoms with Gasteiger partial charge in [-0.25, -0.2) is 24.2 Å². The van der Waals surface area contributed by atoms with Gasteiger partial charge in [-0.2, -0.15) is 5.10 Å². The molecule has 0 radical (unpaired) electrons. The number of benzene rings is 1. The molecule has 1 aliphatic rings. The molecule has 0 amide bonds. The second-order valence-corrected chi connectivity index (χ2v) is 7.71. The number of carbonyl (C=O) groups excluding carboxylic acids is 2. The zero-order chi connectivity index (χ0) is 25.7. The third-order valence-corrected chi connectivity index (χ3v) is 5.40. The average molecular weight is 491 g/mol. The van der Waals surface area contributed by atoms with Crippen LogP contribution < -0.4 is 11.5 Å². The van der Waals surface area contributed by atoms with Crippen LogP contribution in [0.4, 0.5) is 11.6 Å². The van der Waals surface area contributed by atoms with Crippen molar-refractivity contribution in [3.05, 3.63) is 65.1 Å². The zero-order valence-corrected chi connectivity index (χ0v) is 19.9. The van der Waals surface area contributed by atoms with Crippen molar-refractivity contribution in [2.75, 3.05) is 24.7 Å². The summed E-state index contributed by atoms with van der Waals surface area (Å²) in [6, 6.07) is 8.21.